The van der Waals surface area contributed by atoms with Gasteiger partial charge in [-0.15, -0.1) is 0 Å². The van der Waals surface area contributed by atoms with Crippen LogP contribution >= 0.6 is 0 Å². The van der Waals surface area contributed by atoms with Crippen LogP contribution in [0.15, 0.2) is 97.2 Å². The number of hydrogen-bond donors (Lipinski definition) is 0. The molecule has 0 fully saturated rings. The fourth-order valence-electron chi connectivity index (χ4n) is 7.77. The highest BCUT2D eigenvalue weighted by molar-refractivity contribution is 5.71. The zero-order valence-corrected chi connectivity index (χ0v) is 45.0. The first-order valence-electron chi connectivity index (χ1n) is 28.7. The van der Waals surface area contributed by atoms with E-state index in [-0.39, 0.29) is 31.1 Å². The van der Waals surface area contributed by atoms with Crippen molar-refractivity contribution in [3.05, 3.63) is 97.2 Å². The molecule has 0 heterocycles. The van der Waals surface area contributed by atoms with E-state index in [9.17, 15) is 14.4 Å². The molecule has 0 aliphatic heterocycles. The Morgan fingerprint density at radius 3 is 0.913 bits per heavy atom. The summed E-state index contributed by atoms with van der Waals surface area (Å²) in [6, 6.07) is 0. The maximum atomic E-state index is 12.8. The number of unbranched alkanes of at least 4 members (excludes halogenated alkanes) is 24. The second-order valence-corrected chi connectivity index (χ2v) is 18.8. The van der Waals surface area contributed by atoms with Gasteiger partial charge in [0.15, 0.2) is 6.10 Å². The molecule has 0 radical (unpaired) electrons. The summed E-state index contributed by atoms with van der Waals surface area (Å²) in [5, 5.41) is 0. The highest BCUT2D eigenvalue weighted by Crippen LogP contribution is 2.15. The molecule has 69 heavy (non-hydrogen) atoms. The van der Waals surface area contributed by atoms with Crippen LogP contribution in [-0.4, -0.2) is 37.2 Å². The molecule has 394 valence electrons. The van der Waals surface area contributed by atoms with E-state index in [4.69, 9.17) is 14.2 Å². The summed E-state index contributed by atoms with van der Waals surface area (Å²) in [5.41, 5.74) is 0. The van der Waals surface area contributed by atoms with E-state index in [2.05, 4.69) is 118 Å². The van der Waals surface area contributed by atoms with E-state index in [1.165, 1.54) is 89.9 Å². The van der Waals surface area contributed by atoms with E-state index in [1.807, 2.05) is 0 Å². The average Bonchev–Trinajstić information content (AvgIpc) is 3.35. The lowest BCUT2D eigenvalue weighted by Gasteiger charge is -2.18. The van der Waals surface area contributed by atoms with Crippen molar-refractivity contribution in [2.24, 2.45) is 0 Å². The lowest BCUT2D eigenvalue weighted by molar-refractivity contribution is -0.167. The minimum absolute atomic E-state index is 0.0902. The summed E-state index contributed by atoms with van der Waals surface area (Å²) < 4.78 is 16.8. The molecule has 0 saturated heterocycles. The minimum atomic E-state index is -0.795. The van der Waals surface area contributed by atoms with Gasteiger partial charge in [-0.1, -0.05) is 240 Å². The van der Waals surface area contributed by atoms with Crippen molar-refractivity contribution < 1.29 is 28.6 Å². The van der Waals surface area contributed by atoms with Gasteiger partial charge >= 0.3 is 17.9 Å². The molecule has 0 N–H and O–H groups in total. The van der Waals surface area contributed by atoms with Crippen molar-refractivity contribution in [2.45, 2.75) is 271 Å². The summed E-state index contributed by atoms with van der Waals surface area (Å²) in [6.07, 6.45) is 75.3. The Hall–Kier alpha value is -3.67. The molecule has 1 atom stereocenters. The van der Waals surface area contributed by atoms with E-state index in [0.717, 1.165) is 135 Å². The Morgan fingerprint density at radius 2 is 0.565 bits per heavy atom. The molecule has 0 aromatic carbocycles. The minimum Gasteiger partial charge on any atom is -0.462 e. The molecule has 0 aliphatic carbocycles. The Balaban J connectivity index is 4.42. The largest absolute Gasteiger partial charge is 0.462 e. The molecule has 0 aliphatic rings. The Kier molecular flexibility index (Phi) is 53.9. The zero-order chi connectivity index (χ0) is 50.0. The molecule has 0 rings (SSSR count). The third-order valence-corrected chi connectivity index (χ3v) is 12.1. The molecule has 6 heteroatoms. The number of hydrogen-bond acceptors (Lipinski definition) is 6. The first-order chi connectivity index (χ1) is 34.0. The van der Waals surface area contributed by atoms with Gasteiger partial charge in [0.25, 0.3) is 0 Å². The number of esters is 3. The Bertz CT molecular complexity index is 1380. The van der Waals surface area contributed by atoms with Gasteiger partial charge in [0, 0.05) is 19.3 Å². The molecule has 0 saturated carbocycles. The van der Waals surface area contributed by atoms with Gasteiger partial charge in [0.2, 0.25) is 0 Å². The van der Waals surface area contributed by atoms with Gasteiger partial charge in [-0.05, 0) is 103 Å². The second-order valence-electron chi connectivity index (χ2n) is 18.8. The van der Waals surface area contributed by atoms with Gasteiger partial charge in [-0.25, -0.2) is 0 Å². The maximum Gasteiger partial charge on any atom is 0.306 e. The van der Waals surface area contributed by atoms with Crippen LogP contribution in [0.2, 0.25) is 0 Å². The van der Waals surface area contributed by atoms with E-state index in [1.54, 1.807) is 0 Å². The first-order valence-corrected chi connectivity index (χ1v) is 28.7. The molecule has 0 bridgehead atoms. The van der Waals surface area contributed by atoms with Crippen molar-refractivity contribution in [1.29, 1.82) is 0 Å². The summed E-state index contributed by atoms with van der Waals surface area (Å²) in [7, 11) is 0. The summed E-state index contributed by atoms with van der Waals surface area (Å²) in [5.74, 6) is -0.926. The van der Waals surface area contributed by atoms with Gasteiger partial charge in [-0.2, -0.15) is 0 Å². The lowest BCUT2D eigenvalue weighted by atomic mass is 10.0. The lowest BCUT2D eigenvalue weighted by Crippen LogP contribution is -2.30. The molecule has 6 nitrogen and oxygen atoms in total. The molecule has 1 unspecified atom stereocenters. The van der Waals surface area contributed by atoms with Gasteiger partial charge in [0.1, 0.15) is 13.2 Å². The highest BCUT2D eigenvalue weighted by atomic mass is 16.6. The quantitative estimate of drug-likeness (QED) is 0.0262. The third-order valence-electron chi connectivity index (χ3n) is 12.1. The van der Waals surface area contributed by atoms with Crippen molar-refractivity contribution in [2.75, 3.05) is 13.2 Å². The number of carbonyl (C=O) groups excluding carboxylic acids is 3. The number of rotatable bonds is 51. The van der Waals surface area contributed by atoms with Crippen LogP contribution in [0.5, 0.6) is 0 Å². The Labute approximate surface area is 426 Å². The molecule has 0 aromatic rings. The fourth-order valence-corrected chi connectivity index (χ4v) is 7.77. The first kappa shape index (κ1) is 65.3. The predicted molar refractivity (Wildman–Crippen MR) is 297 cm³/mol. The standard InChI is InChI=1S/C63H106O6/c1-4-7-10-13-16-19-22-25-27-28-29-30-31-32-33-34-36-38-41-44-47-50-53-56-62(65)68-59-60(58-67-61(64)55-52-49-46-43-40-37-24-21-18-15-12-9-6-3)69-63(66)57-54-51-48-45-42-39-35-26-23-20-17-14-11-8-5-2/h7,10,16-17,19-20,25-27,29-30,32-33,35-36,38,60H,4-6,8-9,11-15,18,21-24,28,31,34,37,39-59H2,1-3H3/b10-7-,19-16-,20-17-,27-25-,30-29-,33-32-,35-26-,38-36-. The molecular formula is C63H106O6. The number of carbonyl (C=O) groups is 3. The van der Waals surface area contributed by atoms with Crippen LogP contribution in [0.1, 0.15) is 265 Å². The molecule has 0 spiro atoms. The predicted octanol–water partition coefficient (Wildman–Crippen LogP) is 19.3. The van der Waals surface area contributed by atoms with Crippen molar-refractivity contribution in [3.63, 3.8) is 0 Å². The van der Waals surface area contributed by atoms with Crippen LogP contribution in [0.4, 0.5) is 0 Å². The summed E-state index contributed by atoms with van der Waals surface area (Å²) in [4.78, 5) is 38.1. The van der Waals surface area contributed by atoms with E-state index in [0.29, 0.717) is 19.3 Å². The average molecular weight is 960 g/mol. The SMILES string of the molecule is CC/C=C\C/C=C\C/C=C\C/C=C\C/C=C\C/C=C\CCCCCCC(=O)OCC(COC(=O)CCCCCCCCCCCCCCC)OC(=O)CCCCCCC/C=C\C/C=C\CCCCC. The normalized spacial score (nSPS) is 12.8. The Morgan fingerprint density at radius 1 is 0.304 bits per heavy atom. The van der Waals surface area contributed by atoms with Gasteiger partial charge < -0.3 is 14.2 Å². The topological polar surface area (TPSA) is 78.9 Å². The van der Waals surface area contributed by atoms with Gasteiger partial charge in [0.05, 0.1) is 0 Å². The monoisotopic (exact) mass is 959 g/mol. The molecule has 0 amide bonds. The number of allylic oxidation sites excluding steroid dienone is 16. The number of ether oxygens (including phenoxy) is 3. The van der Waals surface area contributed by atoms with Crippen LogP contribution in [0, 0.1) is 0 Å². The van der Waals surface area contributed by atoms with Gasteiger partial charge in [-0.3, -0.25) is 14.4 Å². The fraction of sp³-hybridized carbons (Fsp3) is 0.698. The van der Waals surface area contributed by atoms with E-state index < -0.39 is 6.10 Å². The maximum absolute atomic E-state index is 12.8. The van der Waals surface area contributed by atoms with Crippen LogP contribution < -0.4 is 0 Å². The van der Waals surface area contributed by atoms with Crippen LogP contribution in [-0.2, 0) is 28.6 Å². The summed E-state index contributed by atoms with van der Waals surface area (Å²) in [6.45, 7) is 6.47. The van der Waals surface area contributed by atoms with Crippen LogP contribution in [0.25, 0.3) is 0 Å². The second kappa shape index (κ2) is 56.9. The van der Waals surface area contributed by atoms with Crippen molar-refractivity contribution in [3.8, 4) is 0 Å². The summed E-state index contributed by atoms with van der Waals surface area (Å²) >= 11 is 0. The highest BCUT2D eigenvalue weighted by Gasteiger charge is 2.19. The van der Waals surface area contributed by atoms with E-state index >= 15 is 0 Å². The third kappa shape index (κ3) is 55.1. The molecular weight excluding hydrogens is 853 g/mol. The van der Waals surface area contributed by atoms with Crippen molar-refractivity contribution in [1.82, 2.24) is 0 Å². The molecule has 0 aromatic heterocycles. The van der Waals surface area contributed by atoms with Crippen LogP contribution in [0.3, 0.4) is 0 Å². The zero-order valence-electron chi connectivity index (χ0n) is 45.0. The van der Waals surface area contributed by atoms with Crippen molar-refractivity contribution >= 4 is 17.9 Å². The smallest absolute Gasteiger partial charge is 0.306 e.